The van der Waals surface area contributed by atoms with Crippen molar-refractivity contribution in [2.75, 3.05) is 0 Å². The Balaban J connectivity index is 1.62. The van der Waals surface area contributed by atoms with Crippen molar-refractivity contribution in [3.05, 3.63) is 125 Å². The first-order valence-corrected chi connectivity index (χ1v) is 10.8. The molecule has 4 aromatic rings. The van der Waals surface area contributed by atoms with E-state index in [1.165, 1.54) is 5.56 Å². The number of hydrogen-bond acceptors (Lipinski definition) is 3. The third-order valence-corrected chi connectivity index (χ3v) is 5.91. The van der Waals surface area contributed by atoms with Gasteiger partial charge in [-0.15, -0.1) is 0 Å². The maximum atomic E-state index is 13.2. The summed E-state index contributed by atoms with van der Waals surface area (Å²) in [5, 5.41) is 15.7. The second kappa shape index (κ2) is 9.27. The van der Waals surface area contributed by atoms with Crippen LogP contribution in [0.3, 0.4) is 0 Å². The minimum absolute atomic E-state index is 0.474. The predicted molar refractivity (Wildman–Crippen MR) is 132 cm³/mol. The van der Waals surface area contributed by atoms with Crippen molar-refractivity contribution in [3.63, 3.8) is 0 Å². The van der Waals surface area contributed by atoms with E-state index in [-0.39, 0.29) is 0 Å². The first kappa shape index (κ1) is 22.2. The summed E-state index contributed by atoms with van der Waals surface area (Å²) in [6.45, 7) is 6.14. The van der Waals surface area contributed by atoms with Gasteiger partial charge in [-0.25, -0.2) is 5.43 Å². The smallest absolute Gasteiger partial charge is 0.281 e. The highest BCUT2D eigenvalue weighted by Gasteiger charge is 2.39. The van der Waals surface area contributed by atoms with E-state index < -0.39 is 11.5 Å². The number of carbonyl (C=O) groups is 1. The predicted octanol–water partition coefficient (Wildman–Crippen LogP) is 4.79. The summed E-state index contributed by atoms with van der Waals surface area (Å²) in [6, 6.07) is 28.0. The summed E-state index contributed by atoms with van der Waals surface area (Å²) in [4.78, 5) is 13.2. The molecule has 5 heteroatoms. The molecule has 0 saturated carbocycles. The van der Waals surface area contributed by atoms with Gasteiger partial charge in [-0.3, -0.25) is 4.79 Å². The average Bonchev–Trinajstić information content (AvgIpc) is 3.12. The van der Waals surface area contributed by atoms with E-state index >= 15 is 0 Å². The fourth-order valence-electron chi connectivity index (χ4n) is 4.13. The molecule has 0 fully saturated rings. The number of aryl methyl sites for hydroxylation is 2. The highest BCUT2D eigenvalue weighted by atomic mass is 16.3. The van der Waals surface area contributed by atoms with E-state index in [2.05, 4.69) is 34.2 Å². The summed E-state index contributed by atoms with van der Waals surface area (Å²) in [7, 11) is 0. The normalized spacial score (nSPS) is 11.6. The molecule has 0 bridgehead atoms. The van der Waals surface area contributed by atoms with Gasteiger partial charge in [-0.1, -0.05) is 78.9 Å². The lowest BCUT2D eigenvalue weighted by Crippen LogP contribution is -2.43. The van der Waals surface area contributed by atoms with E-state index in [1.54, 1.807) is 54.7 Å². The summed E-state index contributed by atoms with van der Waals surface area (Å²) in [5.41, 5.74) is 6.89. The molecule has 0 radical (unpaired) electrons. The first-order chi connectivity index (χ1) is 15.9. The number of nitrogens with one attached hydrogen (secondary N) is 1. The molecular formula is C28H27N3O2. The Kier molecular flexibility index (Phi) is 6.24. The van der Waals surface area contributed by atoms with Crippen molar-refractivity contribution >= 4 is 12.1 Å². The Morgan fingerprint density at radius 3 is 2.00 bits per heavy atom. The van der Waals surface area contributed by atoms with Crippen LogP contribution in [0.2, 0.25) is 0 Å². The molecule has 1 aromatic heterocycles. The van der Waals surface area contributed by atoms with Crippen LogP contribution in [0, 0.1) is 20.8 Å². The lowest BCUT2D eigenvalue weighted by Gasteiger charge is -2.27. The summed E-state index contributed by atoms with van der Waals surface area (Å²) in [6.07, 6.45) is 1.62. The van der Waals surface area contributed by atoms with Crippen LogP contribution >= 0.6 is 0 Å². The number of hydrazone groups is 1. The average molecular weight is 438 g/mol. The Hall–Kier alpha value is -3.96. The molecule has 0 unspecified atom stereocenters. The largest absolute Gasteiger partial charge is 0.372 e. The lowest BCUT2D eigenvalue weighted by molar-refractivity contribution is -0.136. The van der Waals surface area contributed by atoms with Gasteiger partial charge >= 0.3 is 0 Å². The highest BCUT2D eigenvalue weighted by molar-refractivity contribution is 5.91. The van der Waals surface area contributed by atoms with E-state index in [4.69, 9.17) is 0 Å². The van der Waals surface area contributed by atoms with Crippen LogP contribution in [0.5, 0.6) is 0 Å². The maximum absolute atomic E-state index is 13.2. The molecule has 2 N–H and O–H groups in total. The summed E-state index contributed by atoms with van der Waals surface area (Å²) in [5.74, 6) is -0.621. The molecule has 1 amide bonds. The minimum atomic E-state index is -1.86. The third kappa shape index (κ3) is 4.23. The second-order valence-corrected chi connectivity index (χ2v) is 8.09. The molecule has 0 aliphatic rings. The van der Waals surface area contributed by atoms with Crippen LogP contribution in [0.4, 0.5) is 0 Å². The second-order valence-electron chi connectivity index (χ2n) is 8.09. The van der Waals surface area contributed by atoms with E-state index in [0.29, 0.717) is 11.1 Å². The Morgan fingerprint density at radius 1 is 0.879 bits per heavy atom. The van der Waals surface area contributed by atoms with E-state index in [9.17, 15) is 9.90 Å². The summed E-state index contributed by atoms with van der Waals surface area (Å²) < 4.78 is 2.17. The third-order valence-electron chi connectivity index (χ3n) is 5.91. The molecule has 166 valence electrons. The number of rotatable bonds is 6. The first-order valence-electron chi connectivity index (χ1n) is 10.8. The molecule has 0 aliphatic heterocycles. The molecule has 0 spiro atoms. The minimum Gasteiger partial charge on any atom is -0.372 e. The van der Waals surface area contributed by atoms with Gasteiger partial charge in [-0.2, -0.15) is 5.10 Å². The van der Waals surface area contributed by atoms with Crippen LogP contribution in [0.1, 0.15) is 33.6 Å². The molecule has 3 aromatic carbocycles. The van der Waals surface area contributed by atoms with Gasteiger partial charge in [0, 0.05) is 22.6 Å². The van der Waals surface area contributed by atoms with E-state index in [0.717, 1.165) is 22.6 Å². The number of benzene rings is 3. The molecule has 1 heterocycles. The molecular weight excluding hydrogens is 410 g/mol. The van der Waals surface area contributed by atoms with Gasteiger partial charge in [0.15, 0.2) is 5.60 Å². The van der Waals surface area contributed by atoms with Crippen molar-refractivity contribution in [2.45, 2.75) is 26.4 Å². The number of aromatic nitrogens is 1. The fourth-order valence-corrected chi connectivity index (χ4v) is 4.13. The maximum Gasteiger partial charge on any atom is 0.281 e. The Morgan fingerprint density at radius 2 is 1.42 bits per heavy atom. The number of aliphatic hydroxyl groups is 1. The highest BCUT2D eigenvalue weighted by Crippen LogP contribution is 2.30. The van der Waals surface area contributed by atoms with E-state index in [1.807, 2.05) is 44.2 Å². The molecule has 4 rings (SSSR count). The lowest BCUT2D eigenvalue weighted by atomic mass is 9.85. The van der Waals surface area contributed by atoms with Crippen LogP contribution in [-0.2, 0) is 10.4 Å². The zero-order valence-corrected chi connectivity index (χ0v) is 19.0. The van der Waals surface area contributed by atoms with Gasteiger partial charge in [0.1, 0.15) is 0 Å². The Labute approximate surface area is 194 Å². The topological polar surface area (TPSA) is 66.6 Å². The SMILES string of the molecule is Cc1ccccc1-n1c(C)cc(C=NNC(=O)C(O)(c2ccccc2)c2ccccc2)c1C. The zero-order chi connectivity index (χ0) is 23.4. The van der Waals surface area contributed by atoms with Crippen LogP contribution in [0.15, 0.2) is 96.1 Å². The number of hydrogen-bond donors (Lipinski definition) is 2. The number of carbonyl (C=O) groups excluding carboxylic acids is 1. The van der Waals surface area contributed by atoms with Crippen LogP contribution in [0.25, 0.3) is 5.69 Å². The number of para-hydroxylation sites is 1. The van der Waals surface area contributed by atoms with Crippen molar-refractivity contribution in [1.82, 2.24) is 9.99 Å². The molecule has 5 nitrogen and oxygen atoms in total. The summed E-state index contributed by atoms with van der Waals surface area (Å²) >= 11 is 0. The van der Waals surface area contributed by atoms with Gasteiger partial charge in [-0.05, 0) is 49.6 Å². The quantitative estimate of drug-likeness (QED) is 0.336. The van der Waals surface area contributed by atoms with Crippen molar-refractivity contribution in [1.29, 1.82) is 0 Å². The number of nitrogens with zero attached hydrogens (tertiary/aromatic N) is 2. The fraction of sp³-hybridized carbons (Fsp3) is 0.143. The van der Waals surface area contributed by atoms with Gasteiger partial charge < -0.3 is 9.67 Å². The zero-order valence-electron chi connectivity index (χ0n) is 19.0. The molecule has 0 saturated heterocycles. The van der Waals surface area contributed by atoms with Gasteiger partial charge in [0.25, 0.3) is 5.91 Å². The molecule has 0 aliphatic carbocycles. The van der Waals surface area contributed by atoms with Crippen molar-refractivity contribution in [3.8, 4) is 5.69 Å². The molecule has 0 atom stereocenters. The monoisotopic (exact) mass is 437 g/mol. The number of amides is 1. The van der Waals surface area contributed by atoms with Crippen molar-refractivity contribution in [2.24, 2.45) is 5.10 Å². The van der Waals surface area contributed by atoms with Gasteiger partial charge in [0.2, 0.25) is 0 Å². The molecule has 33 heavy (non-hydrogen) atoms. The standard InChI is InChI=1S/C28H27N3O2/c1-20-12-10-11-17-26(20)31-21(2)18-23(22(31)3)19-29-30-27(32)28(33,24-13-6-4-7-14-24)25-15-8-5-9-16-25/h4-19,33H,1-3H3,(H,30,32). The Bertz CT molecular complexity index is 1250. The van der Waals surface area contributed by atoms with Crippen molar-refractivity contribution < 1.29 is 9.90 Å². The van der Waals surface area contributed by atoms with Gasteiger partial charge in [0.05, 0.1) is 6.21 Å². The van der Waals surface area contributed by atoms with Crippen LogP contribution < -0.4 is 5.43 Å². The van der Waals surface area contributed by atoms with Crippen LogP contribution in [-0.4, -0.2) is 21.8 Å².